The summed E-state index contributed by atoms with van der Waals surface area (Å²) in [5.41, 5.74) is 14.9. The molecule has 52 heavy (non-hydrogen) atoms. The van der Waals surface area contributed by atoms with Gasteiger partial charge in [0.25, 0.3) is 0 Å². The molecule has 1 atom stereocenters. The molecule has 0 saturated carbocycles. The second kappa shape index (κ2) is 12.6. The third-order valence-corrected chi connectivity index (χ3v) is 10.7. The molecule has 1 heteroatoms. The summed E-state index contributed by atoms with van der Waals surface area (Å²) < 4.78 is 0. The van der Waals surface area contributed by atoms with E-state index in [1.165, 1.54) is 71.6 Å². The highest BCUT2D eigenvalue weighted by atomic mass is 15.1. The van der Waals surface area contributed by atoms with Gasteiger partial charge in [0.2, 0.25) is 0 Å². The van der Waals surface area contributed by atoms with E-state index in [9.17, 15) is 0 Å². The lowest BCUT2D eigenvalue weighted by molar-refractivity contribution is 1.02. The molecule has 0 aromatic heterocycles. The Hall–Kier alpha value is -6.70. The van der Waals surface area contributed by atoms with Crippen LogP contribution in [0.3, 0.4) is 0 Å². The van der Waals surface area contributed by atoms with Gasteiger partial charge in [-0.3, -0.25) is 0 Å². The van der Waals surface area contributed by atoms with Gasteiger partial charge in [-0.1, -0.05) is 152 Å². The summed E-state index contributed by atoms with van der Waals surface area (Å²) in [6, 6.07) is 75.5. The van der Waals surface area contributed by atoms with Gasteiger partial charge in [0.05, 0.1) is 0 Å². The average molecular weight is 662 g/mol. The largest absolute Gasteiger partial charge is 0.310 e. The molecule has 0 heterocycles. The molecule has 9 aromatic carbocycles. The zero-order chi connectivity index (χ0) is 34.4. The fraction of sp³-hybridized carbons (Fsp3) is 0.0196. The topological polar surface area (TPSA) is 3.24 Å². The number of anilines is 3. The van der Waals surface area contributed by atoms with E-state index in [-0.39, 0.29) is 5.92 Å². The zero-order valence-electron chi connectivity index (χ0n) is 28.7. The Morgan fingerprint density at radius 3 is 1.44 bits per heavy atom. The van der Waals surface area contributed by atoms with Crippen molar-refractivity contribution in [3.63, 3.8) is 0 Å². The number of fused-ring (bicyclic) bond motifs is 5. The van der Waals surface area contributed by atoms with Crippen molar-refractivity contribution in [1.29, 1.82) is 0 Å². The summed E-state index contributed by atoms with van der Waals surface area (Å²) in [5.74, 6) is 0.147. The van der Waals surface area contributed by atoms with E-state index in [4.69, 9.17) is 0 Å². The monoisotopic (exact) mass is 661 g/mol. The van der Waals surface area contributed by atoms with Crippen LogP contribution in [0.2, 0.25) is 0 Å². The molecule has 244 valence electrons. The predicted octanol–water partition coefficient (Wildman–Crippen LogP) is 14.0. The molecule has 1 unspecified atom stereocenters. The Kier molecular flexibility index (Phi) is 7.29. The highest BCUT2D eigenvalue weighted by Crippen LogP contribution is 2.51. The molecule has 1 aliphatic rings. The molecular formula is C51H35N. The number of benzene rings is 9. The first-order chi connectivity index (χ1) is 25.8. The van der Waals surface area contributed by atoms with Crippen LogP contribution in [0.5, 0.6) is 0 Å². The van der Waals surface area contributed by atoms with Crippen molar-refractivity contribution in [3.05, 3.63) is 223 Å². The molecule has 9 aromatic rings. The van der Waals surface area contributed by atoms with Gasteiger partial charge in [-0.05, 0) is 126 Å². The van der Waals surface area contributed by atoms with Gasteiger partial charge < -0.3 is 4.90 Å². The lowest BCUT2D eigenvalue weighted by atomic mass is 9.88. The summed E-state index contributed by atoms with van der Waals surface area (Å²) in [7, 11) is 0. The number of hydrogen-bond donors (Lipinski definition) is 0. The van der Waals surface area contributed by atoms with E-state index in [0.717, 1.165) is 17.1 Å². The van der Waals surface area contributed by atoms with Crippen LogP contribution in [0.25, 0.3) is 54.9 Å². The first-order valence-electron chi connectivity index (χ1n) is 18.0. The summed E-state index contributed by atoms with van der Waals surface area (Å²) in [4.78, 5) is 2.40. The van der Waals surface area contributed by atoms with Gasteiger partial charge in [0.15, 0.2) is 0 Å². The van der Waals surface area contributed by atoms with Crippen LogP contribution >= 0.6 is 0 Å². The maximum absolute atomic E-state index is 2.43. The van der Waals surface area contributed by atoms with Crippen molar-refractivity contribution in [2.45, 2.75) is 5.92 Å². The molecule has 0 saturated heterocycles. The third kappa shape index (κ3) is 5.27. The third-order valence-electron chi connectivity index (χ3n) is 10.7. The van der Waals surface area contributed by atoms with Crippen molar-refractivity contribution in [2.24, 2.45) is 0 Å². The van der Waals surface area contributed by atoms with E-state index >= 15 is 0 Å². The molecule has 1 aliphatic carbocycles. The van der Waals surface area contributed by atoms with Crippen LogP contribution in [-0.2, 0) is 0 Å². The van der Waals surface area contributed by atoms with Crippen molar-refractivity contribution in [2.75, 3.05) is 4.90 Å². The minimum atomic E-state index is 0.147. The standard InChI is InChI=1S/C51H35N/c1-3-11-35(12-4-1)37-21-25-44(26-22-37)52(45-27-23-38(24-28-45)43-20-19-36-13-7-8-16-40(36)31-43)46-29-30-47-48-32-41-17-9-10-18-42(41)33-49(48)51(50(47)34-46)39-14-5-2-6-15-39/h1-34,51H. The maximum Gasteiger partial charge on any atom is 0.0465 e. The highest BCUT2D eigenvalue weighted by Gasteiger charge is 2.31. The smallest absolute Gasteiger partial charge is 0.0465 e. The van der Waals surface area contributed by atoms with Gasteiger partial charge in [0.1, 0.15) is 0 Å². The zero-order valence-corrected chi connectivity index (χ0v) is 28.7. The highest BCUT2D eigenvalue weighted by molar-refractivity contribution is 5.95. The van der Waals surface area contributed by atoms with Crippen LogP contribution in [0.1, 0.15) is 22.6 Å². The normalized spacial score (nSPS) is 13.2. The molecule has 0 fully saturated rings. The lowest BCUT2D eigenvalue weighted by Gasteiger charge is -2.27. The maximum atomic E-state index is 2.43. The number of hydrogen-bond acceptors (Lipinski definition) is 1. The second-order valence-electron chi connectivity index (χ2n) is 13.8. The minimum Gasteiger partial charge on any atom is -0.310 e. The van der Waals surface area contributed by atoms with Gasteiger partial charge in [0, 0.05) is 23.0 Å². The van der Waals surface area contributed by atoms with Crippen LogP contribution < -0.4 is 4.90 Å². The molecule has 0 radical (unpaired) electrons. The summed E-state index contributed by atoms with van der Waals surface area (Å²) in [5, 5.41) is 5.07. The Morgan fingerprint density at radius 1 is 0.288 bits per heavy atom. The van der Waals surface area contributed by atoms with Crippen LogP contribution in [0.4, 0.5) is 17.1 Å². The minimum absolute atomic E-state index is 0.147. The lowest BCUT2D eigenvalue weighted by Crippen LogP contribution is -2.11. The van der Waals surface area contributed by atoms with Crippen LogP contribution in [0.15, 0.2) is 206 Å². The molecule has 0 aliphatic heterocycles. The van der Waals surface area contributed by atoms with Crippen molar-refractivity contribution < 1.29 is 0 Å². The first kappa shape index (κ1) is 30.2. The van der Waals surface area contributed by atoms with E-state index in [2.05, 4.69) is 211 Å². The molecule has 1 nitrogen and oxygen atoms in total. The molecule has 0 bridgehead atoms. The molecule has 0 amide bonds. The van der Waals surface area contributed by atoms with E-state index in [0.29, 0.717) is 0 Å². The Morgan fingerprint density at radius 2 is 0.769 bits per heavy atom. The fourth-order valence-corrected chi connectivity index (χ4v) is 8.13. The van der Waals surface area contributed by atoms with E-state index in [1.807, 2.05) is 0 Å². The Labute approximate surface area is 304 Å². The van der Waals surface area contributed by atoms with E-state index < -0.39 is 0 Å². The Balaban J connectivity index is 1.11. The van der Waals surface area contributed by atoms with Gasteiger partial charge in [-0.2, -0.15) is 0 Å². The fourth-order valence-electron chi connectivity index (χ4n) is 8.13. The quantitative estimate of drug-likeness (QED) is 0.171. The van der Waals surface area contributed by atoms with Crippen LogP contribution in [0, 0.1) is 0 Å². The number of nitrogens with zero attached hydrogens (tertiary/aromatic N) is 1. The van der Waals surface area contributed by atoms with Crippen molar-refractivity contribution in [1.82, 2.24) is 0 Å². The summed E-state index contributed by atoms with van der Waals surface area (Å²) >= 11 is 0. The van der Waals surface area contributed by atoms with Gasteiger partial charge in [-0.15, -0.1) is 0 Å². The van der Waals surface area contributed by atoms with Gasteiger partial charge in [-0.25, -0.2) is 0 Å². The molecule has 0 N–H and O–H groups in total. The SMILES string of the molecule is c1ccc(-c2ccc(N(c3ccc(-c4ccc5ccccc5c4)cc3)c3ccc4c(c3)C(c3ccccc3)c3cc5ccccc5cc3-4)cc2)cc1. The van der Waals surface area contributed by atoms with Crippen molar-refractivity contribution in [3.8, 4) is 33.4 Å². The van der Waals surface area contributed by atoms with E-state index in [1.54, 1.807) is 0 Å². The summed E-state index contributed by atoms with van der Waals surface area (Å²) in [6.07, 6.45) is 0. The molecular weight excluding hydrogens is 627 g/mol. The average Bonchev–Trinajstić information content (AvgIpc) is 3.53. The first-order valence-corrected chi connectivity index (χ1v) is 18.0. The molecule has 10 rings (SSSR count). The summed E-state index contributed by atoms with van der Waals surface area (Å²) in [6.45, 7) is 0. The van der Waals surface area contributed by atoms with Crippen molar-refractivity contribution >= 4 is 38.6 Å². The second-order valence-corrected chi connectivity index (χ2v) is 13.8. The number of rotatable bonds is 6. The van der Waals surface area contributed by atoms with Crippen LogP contribution in [-0.4, -0.2) is 0 Å². The predicted molar refractivity (Wildman–Crippen MR) is 220 cm³/mol. The Bertz CT molecular complexity index is 2710. The molecule has 0 spiro atoms. The van der Waals surface area contributed by atoms with Gasteiger partial charge >= 0.3 is 0 Å².